The first-order chi connectivity index (χ1) is 5.70. The summed E-state index contributed by atoms with van der Waals surface area (Å²) in [5, 5.41) is 0.636. The Morgan fingerprint density at radius 1 is 1.50 bits per heavy atom. The summed E-state index contributed by atoms with van der Waals surface area (Å²) in [6.45, 7) is 0. The molecule has 2 N–H and O–H groups in total. The first kappa shape index (κ1) is 8.06. The zero-order valence-corrected chi connectivity index (χ0v) is 8.93. The summed E-state index contributed by atoms with van der Waals surface area (Å²) in [5.74, 6) is 0. The maximum Gasteiger partial charge on any atom is 0.279 e. The Bertz CT molecular complexity index is 488. The highest BCUT2D eigenvalue weighted by Gasteiger charge is 2.07. The van der Waals surface area contributed by atoms with Crippen LogP contribution in [0.4, 0.5) is 5.69 Å². The van der Waals surface area contributed by atoms with E-state index in [0.717, 1.165) is 4.70 Å². The molecule has 0 saturated carbocycles. The van der Waals surface area contributed by atoms with E-state index in [2.05, 4.69) is 0 Å². The molecular formula is C7H5IN2OS. The standard InChI is InChI=1S/C7H5IN2OS/c8-10-7(11)6-4(9)2-1-3-5(6)12-10/h1-3H,9H2. The van der Waals surface area contributed by atoms with E-state index in [4.69, 9.17) is 5.73 Å². The summed E-state index contributed by atoms with van der Waals surface area (Å²) in [5.41, 5.74) is 6.20. The average molecular weight is 292 g/mol. The predicted octanol–water partition coefficient (Wildman–Crippen LogP) is 1.84. The molecule has 2 rings (SSSR count). The monoisotopic (exact) mass is 292 g/mol. The summed E-state index contributed by atoms with van der Waals surface area (Å²) >= 11 is 3.37. The van der Waals surface area contributed by atoms with Crippen LogP contribution < -0.4 is 11.3 Å². The molecule has 0 aliphatic carbocycles. The maximum atomic E-state index is 11.4. The second-order valence-corrected chi connectivity index (χ2v) is 4.97. The lowest BCUT2D eigenvalue weighted by molar-refractivity contribution is 1.42. The molecule has 0 spiro atoms. The minimum atomic E-state index is -0.0197. The van der Waals surface area contributed by atoms with Crippen molar-refractivity contribution in [1.29, 1.82) is 0 Å². The molecule has 12 heavy (non-hydrogen) atoms. The van der Waals surface area contributed by atoms with E-state index in [0.29, 0.717) is 11.1 Å². The molecule has 1 aromatic heterocycles. The fourth-order valence-corrected chi connectivity index (χ4v) is 2.73. The van der Waals surface area contributed by atoms with Crippen molar-refractivity contribution >= 4 is 50.2 Å². The van der Waals surface area contributed by atoms with Crippen LogP contribution in [-0.4, -0.2) is 2.17 Å². The van der Waals surface area contributed by atoms with E-state index >= 15 is 0 Å². The van der Waals surface area contributed by atoms with Gasteiger partial charge >= 0.3 is 0 Å². The van der Waals surface area contributed by atoms with Gasteiger partial charge in [-0.2, -0.15) is 0 Å². The highest BCUT2D eigenvalue weighted by atomic mass is 127. The van der Waals surface area contributed by atoms with E-state index in [9.17, 15) is 4.79 Å². The number of nitrogens with zero attached hydrogens (tertiary/aromatic N) is 1. The highest BCUT2D eigenvalue weighted by Crippen LogP contribution is 2.22. The fraction of sp³-hybridized carbons (Fsp3) is 0. The van der Waals surface area contributed by atoms with Crippen LogP contribution >= 0.6 is 34.4 Å². The second-order valence-electron chi connectivity index (χ2n) is 2.36. The van der Waals surface area contributed by atoms with Gasteiger partial charge in [-0.05, 0) is 23.7 Å². The molecule has 0 radical (unpaired) electrons. The average Bonchev–Trinajstić information content (AvgIpc) is 2.29. The minimum Gasteiger partial charge on any atom is -0.398 e. The normalized spacial score (nSPS) is 10.8. The fourth-order valence-electron chi connectivity index (χ4n) is 1.07. The summed E-state index contributed by atoms with van der Waals surface area (Å²) in [4.78, 5) is 11.4. The number of anilines is 1. The van der Waals surface area contributed by atoms with Crippen molar-refractivity contribution in [3.63, 3.8) is 0 Å². The van der Waals surface area contributed by atoms with Crippen LogP contribution in [0.3, 0.4) is 0 Å². The number of nitrogen functional groups attached to an aromatic ring is 1. The first-order valence-corrected chi connectivity index (χ1v) is 5.00. The number of halogens is 1. The molecule has 0 unspecified atom stereocenters. The third kappa shape index (κ3) is 1.04. The molecule has 62 valence electrons. The highest BCUT2D eigenvalue weighted by molar-refractivity contribution is 14.1. The van der Waals surface area contributed by atoms with Crippen molar-refractivity contribution < 1.29 is 0 Å². The van der Waals surface area contributed by atoms with E-state index in [-0.39, 0.29) is 5.56 Å². The molecule has 1 aromatic carbocycles. The Balaban J connectivity index is 3.07. The van der Waals surface area contributed by atoms with Gasteiger partial charge < -0.3 is 5.73 Å². The van der Waals surface area contributed by atoms with E-state index in [1.807, 2.05) is 35.0 Å². The van der Waals surface area contributed by atoms with Gasteiger partial charge in [0.25, 0.3) is 5.56 Å². The van der Waals surface area contributed by atoms with Crippen molar-refractivity contribution in [3.8, 4) is 0 Å². The van der Waals surface area contributed by atoms with E-state index < -0.39 is 0 Å². The van der Waals surface area contributed by atoms with Crippen molar-refractivity contribution in [3.05, 3.63) is 28.6 Å². The van der Waals surface area contributed by atoms with Crippen LogP contribution in [0.25, 0.3) is 10.1 Å². The van der Waals surface area contributed by atoms with E-state index in [1.54, 1.807) is 8.24 Å². The van der Waals surface area contributed by atoms with Gasteiger partial charge in [0.15, 0.2) is 0 Å². The van der Waals surface area contributed by atoms with Crippen LogP contribution in [-0.2, 0) is 0 Å². The topological polar surface area (TPSA) is 48.0 Å². The lowest BCUT2D eigenvalue weighted by atomic mass is 10.2. The Labute approximate surface area is 86.4 Å². The quantitative estimate of drug-likeness (QED) is 0.595. The number of rotatable bonds is 0. The largest absolute Gasteiger partial charge is 0.398 e. The van der Waals surface area contributed by atoms with Crippen LogP contribution in [0, 0.1) is 0 Å². The molecule has 2 aromatic rings. The summed E-state index contributed by atoms with van der Waals surface area (Å²) < 4.78 is 2.49. The van der Waals surface area contributed by atoms with Crippen LogP contribution in [0.15, 0.2) is 23.0 Å². The molecule has 3 nitrogen and oxygen atoms in total. The number of hydrogen-bond donors (Lipinski definition) is 1. The summed E-state index contributed by atoms with van der Waals surface area (Å²) in [6.07, 6.45) is 0. The molecule has 0 saturated heterocycles. The number of hydrogen-bond acceptors (Lipinski definition) is 3. The number of aromatic nitrogens is 1. The lowest BCUT2D eigenvalue weighted by Crippen LogP contribution is -2.04. The van der Waals surface area contributed by atoms with Gasteiger partial charge in [0.05, 0.1) is 33.0 Å². The van der Waals surface area contributed by atoms with Gasteiger partial charge in [-0.15, -0.1) is 0 Å². The molecule has 0 bridgehead atoms. The number of benzene rings is 1. The van der Waals surface area contributed by atoms with Crippen LogP contribution in [0.1, 0.15) is 0 Å². The zero-order valence-electron chi connectivity index (χ0n) is 5.95. The maximum absolute atomic E-state index is 11.4. The SMILES string of the molecule is Nc1cccc2sn(I)c(=O)c12. The zero-order chi connectivity index (χ0) is 8.72. The third-order valence-electron chi connectivity index (χ3n) is 1.61. The lowest BCUT2D eigenvalue weighted by Gasteiger charge is -1.90. The Morgan fingerprint density at radius 3 is 2.92 bits per heavy atom. The molecule has 1 heterocycles. The third-order valence-corrected chi connectivity index (χ3v) is 3.50. The molecule has 0 aliphatic rings. The van der Waals surface area contributed by atoms with Gasteiger partial charge in [0, 0.05) is 5.69 Å². The Kier molecular flexibility index (Phi) is 1.84. The predicted molar refractivity (Wildman–Crippen MR) is 59.9 cm³/mol. The van der Waals surface area contributed by atoms with Gasteiger partial charge in [0.2, 0.25) is 0 Å². The molecular weight excluding hydrogens is 287 g/mol. The number of fused-ring (bicyclic) bond motifs is 1. The van der Waals surface area contributed by atoms with E-state index in [1.165, 1.54) is 11.5 Å². The number of nitrogens with two attached hydrogens (primary N) is 1. The Morgan fingerprint density at radius 2 is 2.25 bits per heavy atom. The molecule has 5 heteroatoms. The van der Waals surface area contributed by atoms with Crippen molar-refractivity contribution in [1.82, 2.24) is 2.17 Å². The molecule has 0 atom stereocenters. The smallest absolute Gasteiger partial charge is 0.279 e. The first-order valence-electron chi connectivity index (χ1n) is 3.27. The van der Waals surface area contributed by atoms with Crippen molar-refractivity contribution in [2.75, 3.05) is 5.73 Å². The molecule has 0 aliphatic heterocycles. The minimum absolute atomic E-state index is 0.0197. The van der Waals surface area contributed by atoms with Gasteiger partial charge in [-0.3, -0.25) is 4.79 Å². The van der Waals surface area contributed by atoms with Crippen molar-refractivity contribution in [2.24, 2.45) is 0 Å². The van der Waals surface area contributed by atoms with Crippen LogP contribution in [0.5, 0.6) is 0 Å². The Hall–Kier alpha value is -0.560. The second kappa shape index (κ2) is 2.74. The summed E-state index contributed by atoms with van der Waals surface area (Å²) in [7, 11) is 0. The van der Waals surface area contributed by atoms with Gasteiger partial charge in [-0.1, -0.05) is 6.07 Å². The molecule has 0 fully saturated rings. The van der Waals surface area contributed by atoms with Gasteiger partial charge in [-0.25, -0.2) is 2.17 Å². The van der Waals surface area contributed by atoms with Gasteiger partial charge in [0.1, 0.15) is 0 Å². The summed E-state index contributed by atoms with van der Waals surface area (Å²) in [6, 6.07) is 5.49. The molecule has 0 amide bonds. The van der Waals surface area contributed by atoms with Crippen LogP contribution in [0.2, 0.25) is 0 Å². The van der Waals surface area contributed by atoms with Crippen molar-refractivity contribution in [2.45, 2.75) is 0 Å².